The zero-order valence-corrected chi connectivity index (χ0v) is 14.3. The highest BCUT2D eigenvalue weighted by Gasteiger charge is 2.22. The number of aromatic nitrogens is 1. The van der Waals surface area contributed by atoms with Gasteiger partial charge in [0.05, 0.1) is 22.9 Å². The number of anilines is 1. The number of nitriles is 1. The van der Waals surface area contributed by atoms with E-state index in [4.69, 9.17) is 5.26 Å². The Morgan fingerprint density at radius 3 is 2.62 bits per heavy atom. The number of H-pyrrole nitrogens is 1. The molecule has 5 heteroatoms. The van der Waals surface area contributed by atoms with E-state index >= 15 is 0 Å². The van der Waals surface area contributed by atoms with Crippen LogP contribution in [0.15, 0.2) is 42.5 Å². The van der Waals surface area contributed by atoms with Crippen molar-refractivity contribution in [3.8, 4) is 17.3 Å². The molecule has 0 atom stereocenters. The van der Waals surface area contributed by atoms with Gasteiger partial charge in [0.1, 0.15) is 11.6 Å². The van der Waals surface area contributed by atoms with Gasteiger partial charge < -0.3 is 9.88 Å². The lowest BCUT2D eigenvalue weighted by Crippen LogP contribution is -2.30. The third-order valence-electron chi connectivity index (χ3n) is 4.90. The first-order chi connectivity index (χ1) is 12.6. The van der Waals surface area contributed by atoms with Crippen LogP contribution in [-0.4, -0.2) is 11.5 Å². The Morgan fingerprint density at radius 2 is 1.88 bits per heavy atom. The monoisotopic (exact) mass is 349 g/mol. The topological polar surface area (TPSA) is 42.8 Å². The fourth-order valence-electron chi connectivity index (χ4n) is 3.55. The SMILES string of the molecule is Cc1ccc(C#N)cc1N1CCc2[nH]c(-c3c(F)cccc3F)cc2C1. The van der Waals surface area contributed by atoms with Crippen molar-refractivity contribution in [3.05, 3.63) is 76.5 Å². The molecule has 0 bridgehead atoms. The van der Waals surface area contributed by atoms with Crippen molar-refractivity contribution in [1.82, 2.24) is 4.98 Å². The Labute approximate surface area is 150 Å². The number of halogens is 2. The summed E-state index contributed by atoms with van der Waals surface area (Å²) in [6.07, 6.45) is 0.752. The van der Waals surface area contributed by atoms with Gasteiger partial charge >= 0.3 is 0 Å². The van der Waals surface area contributed by atoms with E-state index in [-0.39, 0.29) is 5.56 Å². The van der Waals surface area contributed by atoms with Gasteiger partial charge in [-0.1, -0.05) is 12.1 Å². The summed E-state index contributed by atoms with van der Waals surface area (Å²) < 4.78 is 28.2. The lowest BCUT2D eigenvalue weighted by molar-refractivity contribution is 0.589. The van der Waals surface area contributed by atoms with Gasteiger partial charge in [-0.15, -0.1) is 0 Å². The molecule has 3 nitrogen and oxygen atoms in total. The van der Waals surface area contributed by atoms with Crippen LogP contribution in [-0.2, 0) is 13.0 Å². The zero-order chi connectivity index (χ0) is 18.3. The Morgan fingerprint density at radius 1 is 1.12 bits per heavy atom. The second-order valence-corrected chi connectivity index (χ2v) is 6.57. The minimum absolute atomic E-state index is 0.0175. The molecule has 1 aliphatic rings. The molecule has 2 heterocycles. The van der Waals surface area contributed by atoms with E-state index in [0.29, 0.717) is 17.8 Å². The van der Waals surface area contributed by atoms with E-state index in [0.717, 1.165) is 35.5 Å². The molecule has 3 aromatic rings. The number of fused-ring (bicyclic) bond motifs is 1. The second-order valence-electron chi connectivity index (χ2n) is 6.57. The van der Waals surface area contributed by atoms with Gasteiger partial charge in [0.25, 0.3) is 0 Å². The number of aromatic amines is 1. The molecule has 0 amide bonds. The van der Waals surface area contributed by atoms with Crippen LogP contribution in [0.3, 0.4) is 0 Å². The van der Waals surface area contributed by atoms with Gasteiger partial charge in [0.2, 0.25) is 0 Å². The van der Waals surface area contributed by atoms with Gasteiger partial charge in [-0.05, 0) is 48.4 Å². The molecule has 0 fully saturated rings. The van der Waals surface area contributed by atoms with Crippen LogP contribution in [0, 0.1) is 29.9 Å². The quantitative estimate of drug-likeness (QED) is 0.728. The first-order valence-corrected chi connectivity index (χ1v) is 8.47. The molecule has 1 N–H and O–H groups in total. The molecule has 26 heavy (non-hydrogen) atoms. The average Bonchev–Trinajstić information content (AvgIpc) is 3.04. The van der Waals surface area contributed by atoms with E-state index in [1.165, 1.54) is 18.2 Å². The summed E-state index contributed by atoms with van der Waals surface area (Å²) in [6.45, 7) is 3.43. The average molecular weight is 349 g/mol. The van der Waals surface area contributed by atoms with E-state index in [1.54, 1.807) is 0 Å². The Kier molecular flexibility index (Phi) is 3.96. The first-order valence-electron chi connectivity index (χ1n) is 8.47. The molecule has 0 saturated carbocycles. The highest BCUT2D eigenvalue weighted by Crippen LogP contribution is 2.32. The summed E-state index contributed by atoms with van der Waals surface area (Å²) in [5, 5.41) is 9.15. The van der Waals surface area contributed by atoms with Gasteiger partial charge in [0, 0.05) is 30.9 Å². The van der Waals surface area contributed by atoms with E-state index < -0.39 is 11.6 Å². The summed E-state index contributed by atoms with van der Waals surface area (Å²) in [6, 6.07) is 13.5. The van der Waals surface area contributed by atoms with Crippen LogP contribution in [0.4, 0.5) is 14.5 Å². The number of aryl methyl sites for hydroxylation is 1. The Hall–Kier alpha value is -3.13. The number of nitrogens with zero attached hydrogens (tertiary/aromatic N) is 2. The third kappa shape index (κ3) is 2.74. The maximum absolute atomic E-state index is 14.1. The van der Waals surface area contributed by atoms with E-state index in [9.17, 15) is 8.78 Å². The fraction of sp³-hybridized carbons (Fsp3) is 0.190. The smallest absolute Gasteiger partial charge is 0.135 e. The highest BCUT2D eigenvalue weighted by molar-refractivity contribution is 5.65. The molecule has 0 saturated heterocycles. The maximum atomic E-state index is 14.1. The summed E-state index contributed by atoms with van der Waals surface area (Å²) in [7, 11) is 0. The molecule has 130 valence electrons. The summed E-state index contributed by atoms with van der Waals surface area (Å²) in [4.78, 5) is 5.38. The molecular weight excluding hydrogens is 332 g/mol. The normalized spacial score (nSPS) is 13.4. The molecule has 0 radical (unpaired) electrons. The summed E-state index contributed by atoms with van der Waals surface area (Å²) >= 11 is 0. The standard InChI is InChI=1S/C21H17F2N3/c1-13-5-6-14(11-24)9-20(13)26-8-7-18-15(12-26)10-19(25-18)21-16(22)3-2-4-17(21)23/h2-6,9-10,25H,7-8,12H2,1H3. The molecule has 0 aliphatic carbocycles. The van der Waals surface area contributed by atoms with Crippen LogP contribution in [0.5, 0.6) is 0 Å². The number of nitrogens with one attached hydrogen (secondary N) is 1. The molecule has 2 aromatic carbocycles. The number of rotatable bonds is 2. The number of benzene rings is 2. The molecular formula is C21H17F2N3. The summed E-state index contributed by atoms with van der Waals surface area (Å²) in [5.74, 6) is -1.14. The Bertz CT molecular complexity index is 1010. The van der Waals surface area contributed by atoms with Crippen molar-refractivity contribution in [2.24, 2.45) is 0 Å². The largest absolute Gasteiger partial charge is 0.366 e. The lowest BCUT2D eigenvalue weighted by Gasteiger charge is -2.30. The molecule has 1 aliphatic heterocycles. The third-order valence-corrected chi connectivity index (χ3v) is 4.90. The van der Waals surface area contributed by atoms with Crippen LogP contribution in [0.2, 0.25) is 0 Å². The molecule has 0 spiro atoms. The van der Waals surface area contributed by atoms with Crippen molar-refractivity contribution >= 4 is 5.69 Å². The minimum Gasteiger partial charge on any atom is -0.366 e. The van der Waals surface area contributed by atoms with Gasteiger partial charge in [-0.2, -0.15) is 5.26 Å². The maximum Gasteiger partial charge on any atom is 0.135 e. The lowest BCUT2D eigenvalue weighted by atomic mass is 10.0. The van der Waals surface area contributed by atoms with Crippen LogP contribution in [0.1, 0.15) is 22.4 Å². The van der Waals surface area contributed by atoms with Crippen molar-refractivity contribution in [2.45, 2.75) is 19.9 Å². The number of hydrogen-bond acceptors (Lipinski definition) is 2. The minimum atomic E-state index is -0.571. The molecule has 0 unspecified atom stereocenters. The van der Waals surface area contributed by atoms with Gasteiger partial charge in [-0.3, -0.25) is 0 Å². The predicted octanol–water partition coefficient (Wildman–Crippen LogP) is 4.70. The van der Waals surface area contributed by atoms with E-state index in [2.05, 4.69) is 16.0 Å². The zero-order valence-electron chi connectivity index (χ0n) is 14.3. The second kappa shape index (κ2) is 6.30. The van der Waals surface area contributed by atoms with Gasteiger partial charge in [0.15, 0.2) is 0 Å². The fourth-order valence-corrected chi connectivity index (χ4v) is 3.55. The number of hydrogen-bond donors (Lipinski definition) is 1. The highest BCUT2D eigenvalue weighted by atomic mass is 19.1. The molecule has 1 aromatic heterocycles. The van der Waals surface area contributed by atoms with Crippen molar-refractivity contribution < 1.29 is 8.78 Å². The first kappa shape index (κ1) is 16.3. The van der Waals surface area contributed by atoms with Crippen molar-refractivity contribution in [2.75, 3.05) is 11.4 Å². The van der Waals surface area contributed by atoms with E-state index in [1.807, 2.05) is 31.2 Å². The van der Waals surface area contributed by atoms with Crippen molar-refractivity contribution in [1.29, 1.82) is 5.26 Å². The molecule has 4 rings (SSSR count). The predicted molar refractivity (Wildman–Crippen MR) is 96.8 cm³/mol. The Balaban J connectivity index is 1.69. The summed E-state index contributed by atoms with van der Waals surface area (Å²) in [5.41, 5.74) is 5.23. The van der Waals surface area contributed by atoms with Crippen LogP contribution in [0.25, 0.3) is 11.3 Å². The van der Waals surface area contributed by atoms with Crippen molar-refractivity contribution in [3.63, 3.8) is 0 Å². The van der Waals surface area contributed by atoms with Crippen LogP contribution >= 0.6 is 0 Å². The van der Waals surface area contributed by atoms with Gasteiger partial charge in [-0.25, -0.2) is 8.78 Å². The van der Waals surface area contributed by atoms with Crippen LogP contribution < -0.4 is 4.90 Å².